The van der Waals surface area contributed by atoms with Crippen molar-refractivity contribution >= 4 is 11.8 Å². The van der Waals surface area contributed by atoms with Gasteiger partial charge in [0.15, 0.2) is 6.29 Å². The van der Waals surface area contributed by atoms with E-state index in [1.807, 2.05) is 54.6 Å². The molecule has 0 aliphatic carbocycles. The van der Waals surface area contributed by atoms with E-state index in [1.165, 1.54) is 0 Å². The molecule has 4 rings (SSSR count). The lowest BCUT2D eigenvalue weighted by atomic mass is 9.84. The zero-order chi connectivity index (χ0) is 32.4. The van der Waals surface area contributed by atoms with E-state index in [0.717, 1.165) is 16.7 Å². The molecule has 3 aromatic rings. The third kappa shape index (κ3) is 8.30. The minimum Gasteiger partial charge on any atom is -0.394 e. The van der Waals surface area contributed by atoms with Crippen LogP contribution in [0, 0.1) is 0 Å². The normalized spacial score (nSPS) is 24.9. The highest BCUT2D eigenvalue weighted by Crippen LogP contribution is 2.48. The van der Waals surface area contributed by atoms with Crippen LogP contribution in [-0.2, 0) is 14.2 Å². The number of rotatable bonds is 16. The van der Waals surface area contributed by atoms with Crippen LogP contribution in [0.25, 0.3) is 0 Å². The Morgan fingerprint density at radius 1 is 0.733 bits per heavy atom. The molecule has 246 valence electrons. The lowest BCUT2D eigenvalue weighted by Crippen LogP contribution is -2.61. The molecule has 9 N–H and O–H groups in total. The van der Waals surface area contributed by atoms with Gasteiger partial charge in [0.2, 0.25) is 0 Å². The van der Waals surface area contributed by atoms with Gasteiger partial charge >= 0.3 is 0 Å². The van der Waals surface area contributed by atoms with Crippen molar-refractivity contribution in [2.24, 2.45) is 0 Å². The quantitative estimate of drug-likeness (QED) is 0.0722. The molecule has 0 unspecified atom stereocenters. The Balaban J connectivity index is 1.42. The molecule has 0 radical (unpaired) electrons. The Morgan fingerprint density at radius 2 is 1.24 bits per heavy atom. The number of aliphatic hydroxyl groups is 8. The van der Waals surface area contributed by atoms with Gasteiger partial charge in [-0.25, -0.2) is 0 Å². The predicted molar refractivity (Wildman–Crippen MR) is 168 cm³/mol. The van der Waals surface area contributed by atoms with Crippen molar-refractivity contribution in [1.29, 1.82) is 0 Å². The molecule has 11 nitrogen and oxygen atoms in total. The predicted octanol–water partition coefficient (Wildman–Crippen LogP) is -0.439. The molecular formula is C33H43NO10S. The fraction of sp³-hybridized carbons (Fsp3) is 0.455. The average molecular weight is 646 g/mol. The number of hydrogen-bond acceptors (Lipinski definition) is 12. The van der Waals surface area contributed by atoms with Gasteiger partial charge in [0.05, 0.1) is 24.1 Å². The molecule has 0 bridgehead atoms. The van der Waals surface area contributed by atoms with Gasteiger partial charge in [-0.05, 0) is 16.7 Å². The molecular weight excluding hydrogens is 602 g/mol. The van der Waals surface area contributed by atoms with Crippen LogP contribution in [0.5, 0.6) is 0 Å². The second-order valence-electron chi connectivity index (χ2n) is 10.9. The van der Waals surface area contributed by atoms with Crippen LogP contribution in [-0.4, -0.2) is 128 Å². The number of benzene rings is 3. The molecule has 0 spiro atoms. The van der Waals surface area contributed by atoms with Gasteiger partial charge in [0, 0.05) is 18.8 Å². The van der Waals surface area contributed by atoms with Gasteiger partial charge in [0.25, 0.3) is 0 Å². The topological polar surface area (TPSA) is 192 Å². The summed E-state index contributed by atoms with van der Waals surface area (Å²) in [5.41, 5.74) is 3.32. The van der Waals surface area contributed by atoms with E-state index >= 15 is 0 Å². The SMILES string of the molecule is OC[C@@H](O)[C@@H](O[C@H]1O[C@H](CO)[C@@H](O)[C@H](O)[C@H]1O)[C@H](O)[C@@H](O)CNCCSC(c1ccccc1)(c1ccccc1)c1ccccc1. The smallest absolute Gasteiger partial charge is 0.187 e. The van der Waals surface area contributed by atoms with Crippen LogP contribution in [0.3, 0.4) is 0 Å². The Morgan fingerprint density at radius 3 is 1.71 bits per heavy atom. The molecule has 1 saturated heterocycles. The number of ether oxygens (including phenoxy) is 2. The molecule has 45 heavy (non-hydrogen) atoms. The first-order valence-electron chi connectivity index (χ1n) is 14.9. The molecule has 0 saturated carbocycles. The summed E-state index contributed by atoms with van der Waals surface area (Å²) in [6, 6.07) is 30.6. The van der Waals surface area contributed by atoms with Crippen molar-refractivity contribution in [3.8, 4) is 0 Å². The van der Waals surface area contributed by atoms with E-state index in [4.69, 9.17) is 9.47 Å². The highest BCUT2D eigenvalue weighted by Gasteiger charge is 2.47. The van der Waals surface area contributed by atoms with Gasteiger partial charge in [-0.1, -0.05) is 91.0 Å². The zero-order valence-corrected chi connectivity index (χ0v) is 25.5. The first kappa shape index (κ1) is 35.4. The van der Waals surface area contributed by atoms with Crippen molar-refractivity contribution in [3.05, 3.63) is 108 Å². The summed E-state index contributed by atoms with van der Waals surface area (Å²) < 4.78 is 10.3. The molecule has 3 aromatic carbocycles. The van der Waals surface area contributed by atoms with Gasteiger partial charge in [-0.15, -0.1) is 11.8 Å². The summed E-state index contributed by atoms with van der Waals surface area (Å²) in [7, 11) is 0. The van der Waals surface area contributed by atoms with E-state index in [-0.39, 0.29) is 6.54 Å². The van der Waals surface area contributed by atoms with Crippen LogP contribution in [0.4, 0.5) is 0 Å². The first-order valence-corrected chi connectivity index (χ1v) is 15.9. The summed E-state index contributed by atoms with van der Waals surface area (Å²) in [5, 5.41) is 84.5. The summed E-state index contributed by atoms with van der Waals surface area (Å²) in [5.74, 6) is 0.603. The van der Waals surface area contributed by atoms with Crippen molar-refractivity contribution in [2.45, 2.75) is 59.9 Å². The summed E-state index contributed by atoms with van der Waals surface area (Å²) >= 11 is 1.72. The van der Waals surface area contributed by atoms with Crippen molar-refractivity contribution in [3.63, 3.8) is 0 Å². The monoisotopic (exact) mass is 645 g/mol. The fourth-order valence-corrected chi connectivity index (χ4v) is 6.93. The average Bonchev–Trinajstić information content (AvgIpc) is 3.09. The second-order valence-corrected chi connectivity index (χ2v) is 12.2. The van der Waals surface area contributed by atoms with Crippen LogP contribution in [0.1, 0.15) is 16.7 Å². The van der Waals surface area contributed by atoms with E-state index in [1.54, 1.807) is 11.8 Å². The van der Waals surface area contributed by atoms with Gasteiger partial charge in [0.1, 0.15) is 42.7 Å². The third-order valence-corrected chi connectivity index (χ3v) is 9.48. The maximum Gasteiger partial charge on any atom is 0.187 e. The summed E-state index contributed by atoms with van der Waals surface area (Å²) in [6.07, 6.45) is -14.7. The second kappa shape index (κ2) is 16.9. The molecule has 12 heteroatoms. The van der Waals surface area contributed by atoms with Crippen LogP contribution in [0.15, 0.2) is 91.0 Å². The minimum absolute atomic E-state index is 0.108. The molecule has 1 aliphatic rings. The number of thioether (sulfide) groups is 1. The lowest BCUT2D eigenvalue weighted by Gasteiger charge is -2.42. The Hall–Kier alpha value is -2.43. The molecule has 1 heterocycles. The van der Waals surface area contributed by atoms with Crippen LogP contribution in [0.2, 0.25) is 0 Å². The Bertz CT molecular complexity index is 1160. The standard InChI is InChI=1S/C33H43NO10S/c35-19-25(38)31(44-32-30(42)29(41)28(40)26(20-36)43-32)27(39)24(37)18-34-16-17-45-33(21-10-4-1-5-11-21,22-12-6-2-7-13-22)23-14-8-3-9-15-23/h1-15,24-32,34-42H,16-20H2/t24-,25+,26+,27+,28+,29-,30+,31+,32+/m0/s1. The Kier molecular flexibility index (Phi) is 13.3. The first-order chi connectivity index (χ1) is 21.7. The maximum atomic E-state index is 10.9. The van der Waals surface area contributed by atoms with E-state index in [2.05, 4.69) is 41.7 Å². The largest absolute Gasteiger partial charge is 0.394 e. The van der Waals surface area contributed by atoms with E-state index < -0.39 is 73.1 Å². The van der Waals surface area contributed by atoms with Crippen molar-refractivity contribution < 1.29 is 50.3 Å². The van der Waals surface area contributed by atoms with Gasteiger partial charge in [-0.3, -0.25) is 0 Å². The van der Waals surface area contributed by atoms with Gasteiger partial charge < -0.3 is 55.6 Å². The number of nitrogens with one attached hydrogen (secondary N) is 1. The highest BCUT2D eigenvalue weighted by atomic mass is 32.2. The maximum absolute atomic E-state index is 10.9. The fourth-order valence-electron chi connectivity index (χ4n) is 5.47. The molecule has 0 amide bonds. The number of aliphatic hydroxyl groups excluding tert-OH is 8. The lowest BCUT2D eigenvalue weighted by molar-refractivity contribution is -0.327. The van der Waals surface area contributed by atoms with Crippen LogP contribution >= 0.6 is 11.8 Å². The number of hydrogen-bond donors (Lipinski definition) is 9. The molecule has 1 aliphatic heterocycles. The Labute approximate surface area is 266 Å². The third-order valence-electron chi connectivity index (χ3n) is 7.93. The zero-order valence-electron chi connectivity index (χ0n) is 24.7. The highest BCUT2D eigenvalue weighted by molar-refractivity contribution is 8.00. The molecule has 9 atom stereocenters. The van der Waals surface area contributed by atoms with Gasteiger partial charge in [-0.2, -0.15) is 0 Å². The molecule has 0 aromatic heterocycles. The minimum atomic E-state index is -1.80. The van der Waals surface area contributed by atoms with E-state index in [9.17, 15) is 40.9 Å². The van der Waals surface area contributed by atoms with E-state index in [0.29, 0.717) is 12.3 Å². The summed E-state index contributed by atoms with van der Waals surface area (Å²) in [4.78, 5) is 0. The molecule has 1 fully saturated rings. The van der Waals surface area contributed by atoms with Crippen LogP contribution < -0.4 is 5.32 Å². The summed E-state index contributed by atoms with van der Waals surface area (Å²) in [6.45, 7) is -1.23. The van der Waals surface area contributed by atoms with Crippen molar-refractivity contribution in [2.75, 3.05) is 32.1 Å². The van der Waals surface area contributed by atoms with Crippen molar-refractivity contribution in [1.82, 2.24) is 5.32 Å².